The predicted octanol–water partition coefficient (Wildman–Crippen LogP) is 3.76. The molecule has 0 aromatic heterocycles. The number of rotatable bonds is 3. The number of hydrogen-bond donors (Lipinski definition) is 2. The topological polar surface area (TPSA) is 47.3 Å². The van der Waals surface area contributed by atoms with Crippen LogP contribution in [0.2, 0.25) is 0 Å². The molecule has 3 N–H and O–H groups in total. The molecule has 0 saturated heterocycles. The fourth-order valence-electron chi connectivity index (χ4n) is 2.42. The number of nitrogen functional groups attached to an aromatic ring is 1. The highest BCUT2D eigenvalue weighted by molar-refractivity contribution is 9.10. The molecule has 0 fully saturated rings. The number of nitrogens with one attached hydrogen (secondary N) is 1. The lowest BCUT2D eigenvalue weighted by Gasteiger charge is -2.15. The smallest absolute Gasteiger partial charge is 0.123 e. The van der Waals surface area contributed by atoms with Crippen molar-refractivity contribution in [2.24, 2.45) is 0 Å². The van der Waals surface area contributed by atoms with Crippen LogP contribution in [0, 0.1) is 6.92 Å². The highest BCUT2D eigenvalue weighted by atomic mass is 79.9. The first-order chi connectivity index (χ1) is 9.63. The van der Waals surface area contributed by atoms with Gasteiger partial charge in [0.2, 0.25) is 0 Å². The van der Waals surface area contributed by atoms with Gasteiger partial charge in [-0.15, -0.1) is 0 Å². The van der Waals surface area contributed by atoms with Gasteiger partial charge in [0.15, 0.2) is 0 Å². The Morgan fingerprint density at radius 1 is 1.35 bits per heavy atom. The molecule has 1 unspecified atom stereocenters. The van der Waals surface area contributed by atoms with E-state index in [1.54, 1.807) is 0 Å². The van der Waals surface area contributed by atoms with E-state index in [9.17, 15) is 0 Å². The van der Waals surface area contributed by atoms with E-state index in [0.717, 1.165) is 40.1 Å². The van der Waals surface area contributed by atoms with Crippen LogP contribution in [0.15, 0.2) is 40.9 Å². The molecule has 0 spiro atoms. The Bertz CT molecular complexity index is 617. The van der Waals surface area contributed by atoms with E-state index in [0.29, 0.717) is 0 Å². The number of aryl methyl sites for hydroxylation is 1. The van der Waals surface area contributed by atoms with Crippen LogP contribution in [-0.4, -0.2) is 12.6 Å². The van der Waals surface area contributed by atoms with Gasteiger partial charge in [-0.3, -0.25) is 0 Å². The van der Waals surface area contributed by atoms with Gasteiger partial charge in [0.1, 0.15) is 11.9 Å². The van der Waals surface area contributed by atoms with E-state index in [2.05, 4.69) is 39.4 Å². The Kier molecular flexibility index (Phi) is 3.57. The first-order valence-corrected chi connectivity index (χ1v) is 7.47. The van der Waals surface area contributed by atoms with Crippen LogP contribution in [-0.2, 0) is 6.42 Å². The van der Waals surface area contributed by atoms with Gasteiger partial charge in [0.05, 0.1) is 6.54 Å². The van der Waals surface area contributed by atoms with Crippen molar-refractivity contribution in [2.75, 3.05) is 17.6 Å². The summed E-state index contributed by atoms with van der Waals surface area (Å²) in [7, 11) is 0. The molecule has 0 aliphatic carbocycles. The third-order valence-electron chi connectivity index (χ3n) is 3.59. The zero-order valence-corrected chi connectivity index (χ0v) is 12.9. The monoisotopic (exact) mass is 332 g/mol. The van der Waals surface area contributed by atoms with Crippen molar-refractivity contribution >= 4 is 27.3 Å². The number of anilines is 2. The summed E-state index contributed by atoms with van der Waals surface area (Å²) in [5.74, 6) is 1.01. The van der Waals surface area contributed by atoms with Gasteiger partial charge in [-0.2, -0.15) is 0 Å². The maximum absolute atomic E-state index is 5.92. The Labute approximate surface area is 127 Å². The van der Waals surface area contributed by atoms with Crippen molar-refractivity contribution in [3.05, 3.63) is 52.0 Å². The molecule has 0 amide bonds. The molecule has 104 valence electrons. The van der Waals surface area contributed by atoms with E-state index in [4.69, 9.17) is 10.5 Å². The van der Waals surface area contributed by atoms with E-state index in [1.807, 2.05) is 25.1 Å². The van der Waals surface area contributed by atoms with Crippen molar-refractivity contribution in [3.8, 4) is 5.75 Å². The number of para-hydroxylation sites is 1. The second-order valence-electron chi connectivity index (χ2n) is 5.12. The highest BCUT2D eigenvalue weighted by Gasteiger charge is 2.22. The van der Waals surface area contributed by atoms with Gasteiger partial charge in [-0.25, -0.2) is 0 Å². The second kappa shape index (κ2) is 5.37. The molecule has 3 nitrogen and oxygen atoms in total. The van der Waals surface area contributed by atoms with Gasteiger partial charge in [-0.1, -0.05) is 18.2 Å². The largest absolute Gasteiger partial charge is 0.488 e. The van der Waals surface area contributed by atoms with Gasteiger partial charge < -0.3 is 15.8 Å². The maximum atomic E-state index is 5.92. The minimum absolute atomic E-state index is 0.178. The average Bonchev–Trinajstić information content (AvgIpc) is 2.84. The zero-order chi connectivity index (χ0) is 14.1. The molecular weight excluding hydrogens is 316 g/mol. The first-order valence-electron chi connectivity index (χ1n) is 6.67. The summed E-state index contributed by atoms with van der Waals surface area (Å²) < 4.78 is 6.90. The Balaban J connectivity index is 1.66. The van der Waals surface area contributed by atoms with Crippen molar-refractivity contribution in [1.82, 2.24) is 0 Å². The van der Waals surface area contributed by atoms with E-state index in [1.165, 1.54) is 5.56 Å². The number of hydrogen-bond acceptors (Lipinski definition) is 3. The summed E-state index contributed by atoms with van der Waals surface area (Å²) in [6.45, 7) is 2.78. The molecule has 0 bridgehead atoms. The van der Waals surface area contributed by atoms with Gasteiger partial charge in [0, 0.05) is 22.3 Å². The fraction of sp³-hybridized carbons (Fsp3) is 0.250. The number of ether oxygens (including phenoxy) is 1. The van der Waals surface area contributed by atoms with Crippen LogP contribution >= 0.6 is 15.9 Å². The quantitative estimate of drug-likeness (QED) is 0.841. The normalized spacial score (nSPS) is 16.6. The first kappa shape index (κ1) is 13.3. The lowest BCUT2D eigenvalue weighted by atomic mass is 10.1. The summed E-state index contributed by atoms with van der Waals surface area (Å²) in [6, 6.07) is 12.2. The molecule has 2 aromatic carbocycles. The van der Waals surface area contributed by atoms with Crippen LogP contribution < -0.4 is 15.8 Å². The average molecular weight is 333 g/mol. The molecule has 0 saturated carbocycles. The number of nitrogens with two attached hydrogens (primary N) is 1. The molecule has 20 heavy (non-hydrogen) atoms. The Morgan fingerprint density at radius 3 is 2.95 bits per heavy atom. The number of fused-ring (bicyclic) bond motifs is 1. The molecule has 0 radical (unpaired) electrons. The SMILES string of the molecule is Cc1cc(NCC2Cc3ccccc3O2)c(Br)cc1N. The van der Waals surface area contributed by atoms with Crippen LogP contribution in [0.3, 0.4) is 0 Å². The summed E-state index contributed by atoms with van der Waals surface area (Å²) in [6.07, 6.45) is 1.13. The lowest BCUT2D eigenvalue weighted by Crippen LogP contribution is -2.24. The van der Waals surface area contributed by atoms with Crippen LogP contribution in [0.25, 0.3) is 0 Å². The van der Waals surface area contributed by atoms with Crippen molar-refractivity contribution in [1.29, 1.82) is 0 Å². The maximum Gasteiger partial charge on any atom is 0.123 e. The standard InChI is InChI=1S/C16H17BrN2O/c1-10-6-15(13(17)8-14(10)18)19-9-12-7-11-4-2-3-5-16(11)20-12/h2-6,8,12,19H,7,9,18H2,1H3. The predicted molar refractivity (Wildman–Crippen MR) is 86.3 cm³/mol. The van der Waals surface area contributed by atoms with Crippen molar-refractivity contribution in [2.45, 2.75) is 19.4 Å². The molecule has 2 aromatic rings. The molecule has 1 atom stereocenters. The number of benzene rings is 2. The Morgan fingerprint density at radius 2 is 2.15 bits per heavy atom. The summed E-state index contributed by atoms with van der Waals surface area (Å²) in [5.41, 5.74) is 10.1. The van der Waals surface area contributed by atoms with E-state index >= 15 is 0 Å². The zero-order valence-electron chi connectivity index (χ0n) is 11.3. The molecule has 4 heteroatoms. The van der Waals surface area contributed by atoms with Gasteiger partial charge in [-0.05, 0) is 52.2 Å². The van der Waals surface area contributed by atoms with Crippen molar-refractivity contribution in [3.63, 3.8) is 0 Å². The lowest BCUT2D eigenvalue weighted by molar-refractivity contribution is 0.246. The Hall–Kier alpha value is -1.68. The summed E-state index contributed by atoms with van der Waals surface area (Å²) in [4.78, 5) is 0. The fourth-order valence-corrected chi connectivity index (χ4v) is 2.93. The van der Waals surface area contributed by atoms with Crippen molar-refractivity contribution < 1.29 is 4.74 Å². The molecular formula is C16H17BrN2O. The highest BCUT2D eigenvalue weighted by Crippen LogP contribution is 2.30. The van der Waals surface area contributed by atoms with Gasteiger partial charge in [0.25, 0.3) is 0 Å². The third kappa shape index (κ3) is 2.61. The van der Waals surface area contributed by atoms with Gasteiger partial charge >= 0.3 is 0 Å². The summed E-state index contributed by atoms with van der Waals surface area (Å²) in [5, 5.41) is 3.43. The molecule has 1 aliphatic rings. The van der Waals surface area contributed by atoms with E-state index < -0.39 is 0 Å². The molecule has 1 heterocycles. The minimum Gasteiger partial charge on any atom is -0.488 e. The second-order valence-corrected chi connectivity index (χ2v) is 5.98. The molecule has 3 rings (SSSR count). The van der Waals surface area contributed by atoms with Crippen LogP contribution in [0.5, 0.6) is 5.75 Å². The van der Waals surface area contributed by atoms with E-state index in [-0.39, 0.29) is 6.10 Å². The number of halogens is 1. The minimum atomic E-state index is 0.178. The van der Waals surface area contributed by atoms with Crippen LogP contribution in [0.4, 0.5) is 11.4 Å². The third-order valence-corrected chi connectivity index (χ3v) is 4.25. The van der Waals surface area contributed by atoms with Crippen LogP contribution in [0.1, 0.15) is 11.1 Å². The molecule has 1 aliphatic heterocycles. The summed E-state index contributed by atoms with van der Waals surface area (Å²) >= 11 is 3.54.